The summed E-state index contributed by atoms with van der Waals surface area (Å²) >= 11 is 2.95. The summed E-state index contributed by atoms with van der Waals surface area (Å²) in [5.74, 6) is 0.937. The SMILES string of the molecule is COc1ccc(-n2c(SCC(=O)c3ccc(C(C)(C)C)cc3)nc3sc4c(c3c2=O)CCCC4)cc1. The summed E-state index contributed by atoms with van der Waals surface area (Å²) in [4.78, 5) is 33.9. The van der Waals surface area contributed by atoms with Gasteiger partial charge in [0.05, 0.1) is 23.9 Å². The Morgan fingerprint density at radius 3 is 2.42 bits per heavy atom. The van der Waals surface area contributed by atoms with Gasteiger partial charge in [0.2, 0.25) is 0 Å². The second-order valence-corrected chi connectivity index (χ2v) is 12.2. The smallest absolute Gasteiger partial charge is 0.267 e. The molecule has 0 saturated heterocycles. The summed E-state index contributed by atoms with van der Waals surface area (Å²) in [6, 6.07) is 15.2. The molecule has 5 nitrogen and oxygen atoms in total. The molecule has 0 saturated carbocycles. The van der Waals surface area contributed by atoms with Crippen LogP contribution < -0.4 is 10.3 Å². The predicted octanol–water partition coefficient (Wildman–Crippen LogP) is 6.61. The maximum absolute atomic E-state index is 13.9. The van der Waals surface area contributed by atoms with Crippen molar-refractivity contribution in [2.75, 3.05) is 12.9 Å². The zero-order valence-corrected chi connectivity index (χ0v) is 22.7. The van der Waals surface area contributed by atoms with E-state index in [0.717, 1.165) is 52.9 Å². The average molecular weight is 519 g/mol. The molecular weight excluding hydrogens is 488 g/mol. The zero-order chi connectivity index (χ0) is 25.4. The number of aromatic nitrogens is 2. The summed E-state index contributed by atoms with van der Waals surface area (Å²) in [6.45, 7) is 6.47. The van der Waals surface area contributed by atoms with Crippen LogP contribution in [0.25, 0.3) is 15.9 Å². The Kier molecular flexibility index (Phi) is 6.79. The minimum Gasteiger partial charge on any atom is -0.497 e. The van der Waals surface area contributed by atoms with Crippen LogP contribution >= 0.6 is 23.1 Å². The van der Waals surface area contributed by atoms with Gasteiger partial charge in [0.15, 0.2) is 10.9 Å². The number of nitrogens with zero attached hydrogens (tertiary/aromatic N) is 2. The van der Waals surface area contributed by atoms with Crippen molar-refractivity contribution < 1.29 is 9.53 Å². The fourth-order valence-corrected chi connectivity index (χ4v) is 6.82. The Bertz CT molecular complexity index is 1480. The number of thioether (sulfide) groups is 1. The number of fused-ring (bicyclic) bond motifs is 3. The summed E-state index contributed by atoms with van der Waals surface area (Å²) in [7, 11) is 1.62. The molecule has 36 heavy (non-hydrogen) atoms. The van der Waals surface area contributed by atoms with Crippen LogP contribution in [-0.2, 0) is 18.3 Å². The van der Waals surface area contributed by atoms with E-state index in [0.29, 0.717) is 10.7 Å². The number of methoxy groups -OCH3 is 1. The first-order chi connectivity index (χ1) is 17.3. The number of thiophene rings is 1. The largest absolute Gasteiger partial charge is 0.497 e. The van der Waals surface area contributed by atoms with E-state index in [-0.39, 0.29) is 22.5 Å². The van der Waals surface area contributed by atoms with Gasteiger partial charge in [-0.15, -0.1) is 11.3 Å². The van der Waals surface area contributed by atoms with E-state index in [1.54, 1.807) is 23.0 Å². The van der Waals surface area contributed by atoms with Gasteiger partial charge in [-0.1, -0.05) is 56.8 Å². The van der Waals surface area contributed by atoms with E-state index in [9.17, 15) is 9.59 Å². The molecule has 4 aromatic rings. The molecule has 0 N–H and O–H groups in total. The summed E-state index contributed by atoms with van der Waals surface area (Å²) in [6.07, 6.45) is 4.17. The summed E-state index contributed by atoms with van der Waals surface area (Å²) in [5, 5.41) is 1.27. The Balaban J connectivity index is 1.52. The molecule has 0 unspecified atom stereocenters. The number of carbonyl (C=O) groups is 1. The molecule has 0 spiro atoms. The first-order valence-electron chi connectivity index (χ1n) is 12.2. The molecule has 0 amide bonds. The van der Waals surface area contributed by atoms with Crippen molar-refractivity contribution in [2.24, 2.45) is 0 Å². The lowest BCUT2D eigenvalue weighted by atomic mass is 9.86. The second kappa shape index (κ2) is 9.87. The highest BCUT2D eigenvalue weighted by atomic mass is 32.2. The van der Waals surface area contributed by atoms with Gasteiger partial charge in [0, 0.05) is 10.4 Å². The van der Waals surface area contributed by atoms with E-state index in [1.165, 1.54) is 22.2 Å². The van der Waals surface area contributed by atoms with Crippen LogP contribution in [0.4, 0.5) is 0 Å². The molecule has 0 bridgehead atoms. The number of benzene rings is 2. The Morgan fingerprint density at radius 2 is 1.75 bits per heavy atom. The molecule has 0 fully saturated rings. The highest BCUT2D eigenvalue weighted by molar-refractivity contribution is 7.99. The molecule has 7 heteroatoms. The summed E-state index contributed by atoms with van der Waals surface area (Å²) in [5.41, 5.74) is 3.71. The lowest BCUT2D eigenvalue weighted by molar-refractivity contribution is 0.102. The van der Waals surface area contributed by atoms with Crippen molar-refractivity contribution in [1.82, 2.24) is 9.55 Å². The molecule has 0 atom stereocenters. The molecule has 1 aliphatic carbocycles. The van der Waals surface area contributed by atoms with Gasteiger partial charge >= 0.3 is 0 Å². The van der Waals surface area contributed by atoms with Gasteiger partial charge in [-0.05, 0) is 66.5 Å². The number of hydrogen-bond donors (Lipinski definition) is 0. The Labute approximate surface area is 219 Å². The van der Waals surface area contributed by atoms with Gasteiger partial charge < -0.3 is 4.74 Å². The minimum atomic E-state index is -0.0611. The third kappa shape index (κ3) is 4.74. The van der Waals surface area contributed by atoms with E-state index >= 15 is 0 Å². The molecule has 2 aromatic carbocycles. The lowest BCUT2D eigenvalue weighted by Gasteiger charge is -2.19. The number of ketones is 1. The first kappa shape index (κ1) is 24.8. The van der Waals surface area contributed by atoms with Crippen LogP contribution in [0.3, 0.4) is 0 Å². The maximum atomic E-state index is 13.9. The van der Waals surface area contributed by atoms with Crippen molar-refractivity contribution in [3.8, 4) is 11.4 Å². The number of hydrogen-bond acceptors (Lipinski definition) is 6. The molecule has 2 aromatic heterocycles. The van der Waals surface area contributed by atoms with Crippen LogP contribution in [0, 0.1) is 0 Å². The van der Waals surface area contributed by atoms with Crippen LogP contribution in [0.2, 0.25) is 0 Å². The van der Waals surface area contributed by atoms with Gasteiger partial charge in [0.1, 0.15) is 10.6 Å². The van der Waals surface area contributed by atoms with Gasteiger partial charge in [-0.2, -0.15) is 0 Å². The molecule has 1 aliphatic rings. The third-order valence-electron chi connectivity index (χ3n) is 6.69. The highest BCUT2D eigenvalue weighted by Crippen LogP contribution is 2.35. The van der Waals surface area contributed by atoms with Crippen LogP contribution in [-0.4, -0.2) is 28.2 Å². The van der Waals surface area contributed by atoms with E-state index in [1.807, 2.05) is 48.5 Å². The fourth-order valence-electron chi connectivity index (χ4n) is 4.61. The monoisotopic (exact) mass is 518 g/mol. The minimum absolute atomic E-state index is 0.0153. The van der Waals surface area contributed by atoms with Crippen molar-refractivity contribution in [2.45, 2.75) is 57.0 Å². The van der Waals surface area contributed by atoms with Crippen molar-refractivity contribution >= 4 is 39.1 Å². The average Bonchev–Trinajstić information content (AvgIpc) is 3.25. The van der Waals surface area contributed by atoms with E-state index in [4.69, 9.17) is 9.72 Å². The molecule has 0 aliphatic heterocycles. The van der Waals surface area contributed by atoms with Gasteiger partial charge in [-0.25, -0.2) is 4.98 Å². The topological polar surface area (TPSA) is 61.2 Å². The van der Waals surface area contributed by atoms with E-state index in [2.05, 4.69) is 20.8 Å². The summed E-state index contributed by atoms with van der Waals surface area (Å²) < 4.78 is 6.96. The van der Waals surface area contributed by atoms with Crippen molar-refractivity contribution in [1.29, 1.82) is 0 Å². The van der Waals surface area contributed by atoms with Gasteiger partial charge in [-0.3, -0.25) is 14.2 Å². The number of rotatable bonds is 6. The molecule has 2 heterocycles. The second-order valence-electron chi connectivity index (χ2n) is 10.2. The lowest BCUT2D eigenvalue weighted by Crippen LogP contribution is -2.22. The highest BCUT2D eigenvalue weighted by Gasteiger charge is 2.23. The number of aryl methyl sites for hydroxylation is 2. The normalized spacial score (nSPS) is 13.6. The predicted molar refractivity (Wildman–Crippen MR) is 149 cm³/mol. The Morgan fingerprint density at radius 1 is 1.06 bits per heavy atom. The molecule has 0 radical (unpaired) electrons. The Hall–Kier alpha value is -2.90. The van der Waals surface area contributed by atoms with Crippen LogP contribution in [0.5, 0.6) is 5.75 Å². The zero-order valence-electron chi connectivity index (χ0n) is 21.1. The first-order valence-corrected chi connectivity index (χ1v) is 14.0. The van der Waals surface area contributed by atoms with E-state index < -0.39 is 0 Å². The maximum Gasteiger partial charge on any atom is 0.267 e. The number of ether oxygens (including phenoxy) is 1. The fraction of sp³-hybridized carbons (Fsp3) is 0.345. The van der Waals surface area contributed by atoms with Crippen LogP contribution in [0.1, 0.15) is 60.0 Å². The quantitative estimate of drug-likeness (QED) is 0.163. The molecular formula is C29H30N2O3S2. The van der Waals surface area contributed by atoms with Crippen LogP contribution in [0.15, 0.2) is 58.5 Å². The third-order valence-corrected chi connectivity index (χ3v) is 8.82. The number of Topliss-reactive ketones (excluding diaryl/α,β-unsaturated/α-hetero) is 1. The van der Waals surface area contributed by atoms with Crippen molar-refractivity contribution in [3.63, 3.8) is 0 Å². The molecule has 5 rings (SSSR count). The van der Waals surface area contributed by atoms with Gasteiger partial charge in [0.25, 0.3) is 5.56 Å². The van der Waals surface area contributed by atoms with Crippen molar-refractivity contribution in [3.05, 3.63) is 80.5 Å². The molecule has 186 valence electrons. The standard InChI is InChI=1S/C29H30N2O3S2/c1-29(2,3)19-11-9-18(10-12-19)23(32)17-35-28-30-26-25(22-7-5-6-8-24(22)36-26)27(33)31(28)20-13-15-21(34-4)16-14-20/h9-16H,5-8,17H2,1-4H3. The number of carbonyl (C=O) groups excluding carboxylic acids is 1.